The van der Waals surface area contributed by atoms with Crippen LogP contribution in [0.2, 0.25) is 0 Å². The lowest BCUT2D eigenvalue weighted by molar-refractivity contribution is 0.229. The van der Waals surface area contributed by atoms with E-state index < -0.39 is 0 Å². The Morgan fingerprint density at radius 1 is 1.12 bits per heavy atom. The molecule has 0 spiro atoms. The third-order valence-electron chi connectivity index (χ3n) is 2.65. The number of aliphatic hydroxyl groups is 1. The summed E-state index contributed by atoms with van der Waals surface area (Å²) in [6.45, 7) is 6.08. The van der Waals surface area contributed by atoms with E-state index in [1.807, 2.05) is 0 Å². The van der Waals surface area contributed by atoms with Crippen LogP contribution >= 0.6 is 0 Å². The van der Waals surface area contributed by atoms with Crippen LogP contribution in [-0.4, -0.2) is 10.3 Å². The fourth-order valence-electron chi connectivity index (χ4n) is 2.09. The first-order valence-corrected chi connectivity index (χ1v) is 5.26. The van der Waals surface area contributed by atoms with Crippen molar-refractivity contribution in [3.63, 3.8) is 0 Å². The van der Waals surface area contributed by atoms with Crippen molar-refractivity contribution in [3.8, 4) is 11.3 Å². The van der Waals surface area contributed by atoms with Crippen LogP contribution in [0, 0.1) is 20.8 Å². The summed E-state index contributed by atoms with van der Waals surface area (Å²) in [6.07, 6.45) is 0. The Kier molecular flexibility index (Phi) is 2.79. The molecule has 0 saturated heterocycles. The van der Waals surface area contributed by atoms with Crippen molar-refractivity contribution in [1.82, 2.24) is 5.16 Å². The molecule has 0 unspecified atom stereocenters. The molecule has 0 bridgehead atoms. The summed E-state index contributed by atoms with van der Waals surface area (Å²) < 4.78 is 5.01. The van der Waals surface area contributed by atoms with Crippen molar-refractivity contribution >= 4 is 0 Å². The zero-order valence-electron chi connectivity index (χ0n) is 9.74. The minimum Gasteiger partial charge on any atom is -0.388 e. The van der Waals surface area contributed by atoms with E-state index >= 15 is 0 Å². The van der Waals surface area contributed by atoms with Gasteiger partial charge in [0.15, 0.2) is 5.76 Å². The van der Waals surface area contributed by atoms with Crippen LogP contribution in [0.1, 0.15) is 22.5 Å². The molecule has 16 heavy (non-hydrogen) atoms. The summed E-state index contributed by atoms with van der Waals surface area (Å²) in [7, 11) is 0. The highest BCUT2D eigenvalue weighted by Crippen LogP contribution is 2.27. The van der Waals surface area contributed by atoms with E-state index in [1.165, 1.54) is 16.7 Å². The van der Waals surface area contributed by atoms with Crippen molar-refractivity contribution in [2.75, 3.05) is 0 Å². The predicted octanol–water partition coefficient (Wildman–Crippen LogP) is 2.76. The molecule has 1 aromatic carbocycles. The molecule has 1 N–H and O–H groups in total. The van der Waals surface area contributed by atoms with Gasteiger partial charge < -0.3 is 9.63 Å². The molecule has 0 saturated carbocycles. The van der Waals surface area contributed by atoms with Crippen LogP contribution in [0.25, 0.3) is 11.3 Å². The lowest BCUT2D eigenvalue weighted by Crippen LogP contribution is -1.89. The van der Waals surface area contributed by atoms with Crippen molar-refractivity contribution in [2.45, 2.75) is 27.4 Å². The fourth-order valence-corrected chi connectivity index (χ4v) is 2.09. The maximum atomic E-state index is 8.95. The SMILES string of the molecule is Cc1cc(C)c(-c2cc(CO)on2)c(C)c1. The molecule has 0 radical (unpaired) electrons. The summed E-state index contributed by atoms with van der Waals surface area (Å²) in [5, 5.41) is 12.9. The average Bonchev–Trinajstić information content (AvgIpc) is 2.64. The molecule has 0 aliphatic carbocycles. The molecule has 1 heterocycles. The van der Waals surface area contributed by atoms with Gasteiger partial charge in [0.05, 0.1) is 0 Å². The summed E-state index contributed by atoms with van der Waals surface area (Å²) in [6, 6.07) is 6.02. The second kappa shape index (κ2) is 4.10. The van der Waals surface area contributed by atoms with Crippen LogP contribution in [0.3, 0.4) is 0 Å². The summed E-state index contributed by atoms with van der Waals surface area (Å²) >= 11 is 0. The number of aromatic nitrogens is 1. The molecular weight excluding hydrogens is 202 g/mol. The van der Waals surface area contributed by atoms with Crippen molar-refractivity contribution in [1.29, 1.82) is 0 Å². The maximum absolute atomic E-state index is 8.95. The van der Waals surface area contributed by atoms with Gasteiger partial charge in [0.1, 0.15) is 12.3 Å². The first-order chi connectivity index (χ1) is 7.61. The normalized spacial score (nSPS) is 10.8. The highest BCUT2D eigenvalue weighted by molar-refractivity contribution is 5.67. The average molecular weight is 217 g/mol. The number of hydrogen-bond acceptors (Lipinski definition) is 3. The highest BCUT2D eigenvalue weighted by Gasteiger charge is 2.11. The molecule has 0 aliphatic rings. The van der Waals surface area contributed by atoms with Crippen LogP contribution in [-0.2, 0) is 6.61 Å². The van der Waals surface area contributed by atoms with Crippen LogP contribution in [0.15, 0.2) is 22.7 Å². The minimum atomic E-state index is -0.114. The summed E-state index contributed by atoms with van der Waals surface area (Å²) in [5.41, 5.74) is 5.48. The molecule has 0 amide bonds. The largest absolute Gasteiger partial charge is 0.388 e. The van der Waals surface area contributed by atoms with Crippen LogP contribution in [0.4, 0.5) is 0 Å². The third-order valence-corrected chi connectivity index (χ3v) is 2.65. The molecule has 1 aromatic heterocycles. The van der Waals surface area contributed by atoms with Gasteiger partial charge >= 0.3 is 0 Å². The van der Waals surface area contributed by atoms with Crippen molar-refractivity contribution in [3.05, 3.63) is 40.6 Å². The Hall–Kier alpha value is -1.61. The summed E-state index contributed by atoms with van der Waals surface area (Å²) in [5.74, 6) is 0.495. The van der Waals surface area contributed by atoms with Gasteiger partial charge in [-0.3, -0.25) is 0 Å². The second-order valence-corrected chi connectivity index (χ2v) is 4.11. The van der Waals surface area contributed by atoms with E-state index in [4.69, 9.17) is 9.63 Å². The van der Waals surface area contributed by atoms with Gasteiger partial charge in [0, 0.05) is 11.6 Å². The number of nitrogens with zero attached hydrogens (tertiary/aromatic N) is 1. The third kappa shape index (κ3) is 1.86. The summed E-state index contributed by atoms with van der Waals surface area (Å²) in [4.78, 5) is 0. The van der Waals surface area contributed by atoms with Crippen molar-refractivity contribution in [2.24, 2.45) is 0 Å². The van der Waals surface area contributed by atoms with Gasteiger partial charge in [-0.2, -0.15) is 0 Å². The predicted molar refractivity (Wildman–Crippen MR) is 62.1 cm³/mol. The van der Waals surface area contributed by atoms with Crippen LogP contribution in [0.5, 0.6) is 0 Å². The monoisotopic (exact) mass is 217 g/mol. The van der Waals surface area contributed by atoms with E-state index in [1.54, 1.807) is 6.07 Å². The first kappa shape index (κ1) is 10.9. The van der Waals surface area contributed by atoms with E-state index in [9.17, 15) is 0 Å². The molecule has 3 heteroatoms. The number of benzene rings is 1. The Morgan fingerprint density at radius 2 is 1.75 bits per heavy atom. The van der Waals surface area contributed by atoms with Gasteiger partial charge in [-0.05, 0) is 31.9 Å². The molecular formula is C13H15NO2. The van der Waals surface area contributed by atoms with Gasteiger partial charge in [-0.15, -0.1) is 0 Å². The second-order valence-electron chi connectivity index (χ2n) is 4.11. The Morgan fingerprint density at radius 3 is 2.25 bits per heavy atom. The van der Waals surface area contributed by atoms with E-state index in [0.29, 0.717) is 5.76 Å². The molecule has 0 atom stereocenters. The van der Waals surface area contributed by atoms with E-state index in [2.05, 4.69) is 38.1 Å². The Bertz CT molecular complexity index is 491. The van der Waals surface area contributed by atoms with Gasteiger partial charge in [-0.1, -0.05) is 22.9 Å². The smallest absolute Gasteiger partial charge is 0.162 e. The fraction of sp³-hybridized carbons (Fsp3) is 0.308. The Balaban J connectivity index is 2.55. The molecule has 2 aromatic rings. The molecule has 84 valence electrons. The zero-order valence-corrected chi connectivity index (χ0v) is 9.74. The molecule has 3 nitrogen and oxygen atoms in total. The quantitative estimate of drug-likeness (QED) is 0.841. The maximum Gasteiger partial charge on any atom is 0.162 e. The molecule has 0 aliphatic heterocycles. The van der Waals surface area contributed by atoms with Crippen LogP contribution < -0.4 is 0 Å². The topological polar surface area (TPSA) is 46.3 Å². The number of aliphatic hydroxyl groups excluding tert-OH is 1. The lowest BCUT2D eigenvalue weighted by Gasteiger charge is -2.07. The zero-order chi connectivity index (χ0) is 11.7. The standard InChI is InChI=1S/C13H15NO2/c1-8-4-9(2)13(10(3)5-8)12-6-11(7-15)16-14-12/h4-6,15H,7H2,1-3H3. The first-order valence-electron chi connectivity index (χ1n) is 5.26. The van der Waals surface area contributed by atoms with E-state index in [0.717, 1.165) is 11.3 Å². The molecule has 2 rings (SSSR count). The van der Waals surface area contributed by atoms with Gasteiger partial charge in [0.25, 0.3) is 0 Å². The lowest BCUT2D eigenvalue weighted by atomic mass is 9.97. The minimum absolute atomic E-state index is 0.114. The van der Waals surface area contributed by atoms with E-state index in [-0.39, 0.29) is 6.61 Å². The van der Waals surface area contributed by atoms with Gasteiger partial charge in [-0.25, -0.2) is 0 Å². The molecule has 0 fully saturated rings. The van der Waals surface area contributed by atoms with Gasteiger partial charge in [0.2, 0.25) is 0 Å². The highest BCUT2D eigenvalue weighted by atomic mass is 16.5. The number of aryl methyl sites for hydroxylation is 3. The number of rotatable bonds is 2. The van der Waals surface area contributed by atoms with Crippen molar-refractivity contribution < 1.29 is 9.63 Å². The number of hydrogen-bond donors (Lipinski definition) is 1. The Labute approximate surface area is 94.7 Å².